The van der Waals surface area contributed by atoms with Crippen molar-refractivity contribution in [3.8, 4) is 11.4 Å². The van der Waals surface area contributed by atoms with Crippen LogP contribution in [0.4, 0.5) is 5.69 Å². The third-order valence-corrected chi connectivity index (χ3v) is 6.40. The smallest absolute Gasteiger partial charge is 0.255 e. The maximum Gasteiger partial charge on any atom is 0.255 e. The van der Waals surface area contributed by atoms with Crippen LogP contribution in [0, 0.1) is 5.41 Å². The first-order chi connectivity index (χ1) is 13.3. The van der Waals surface area contributed by atoms with Crippen LogP contribution >= 0.6 is 0 Å². The maximum atomic E-state index is 12.8. The summed E-state index contributed by atoms with van der Waals surface area (Å²) in [4.78, 5) is 22.9. The zero-order chi connectivity index (χ0) is 19.9. The molecule has 1 aliphatic carbocycles. The van der Waals surface area contributed by atoms with Gasteiger partial charge in [0, 0.05) is 37.3 Å². The Morgan fingerprint density at radius 3 is 2.68 bits per heavy atom. The van der Waals surface area contributed by atoms with Crippen LogP contribution in [0.3, 0.4) is 0 Å². The number of nitrogen functional groups attached to an aromatic ring is 1. The van der Waals surface area contributed by atoms with Crippen molar-refractivity contribution >= 4 is 5.69 Å². The Balaban J connectivity index is 1.58. The highest BCUT2D eigenvalue weighted by molar-refractivity contribution is 5.58. The number of benzene rings is 1. The summed E-state index contributed by atoms with van der Waals surface area (Å²) in [5.74, 6) is 0.629. The first-order valence-electron chi connectivity index (χ1n) is 10.2. The summed E-state index contributed by atoms with van der Waals surface area (Å²) in [6, 6.07) is 7.46. The second kappa shape index (κ2) is 7.21. The van der Waals surface area contributed by atoms with Gasteiger partial charge in [-0.05, 0) is 55.9 Å². The van der Waals surface area contributed by atoms with E-state index < -0.39 is 0 Å². The number of anilines is 1. The van der Waals surface area contributed by atoms with Gasteiger partial charge in [-0.25, -0.2) is 4.98 Å². The van der Waals surface area contributed by atoms with E-state index in [1.165, 1.54) is 24.8 Å². The van der Waals surface area contributed by atoms with Crippen LogP contribution < -0.4 is 11.3 Å². The van der Waals surface area contributed by atoms with Crippen molar-refractivity contribution in [1.29, 1.82) is 0 Å². The molecule has 0 fully saturated rings. The molecule has 0 amide bonds. The first kappa shape index (κ1) is 18.9. The van der Waals surface area contributed by atoms with E-state index in [9.17, 15) is 4.79 Å². The quantitative estimate of drug-likeness (QED) is 0.627. The Labute approximate surface area is 166 Å². The minimum atomic E-state index is -0.0184. The van der Waals surface area contributed by atoms with Crippen molar-refractivity contribution in [2.45, 2.75) is 53.0 Å². The van der Waals surface area contributed by atoms with E-state index in [4.69, 9.17) is 10.7 Å². The molecule has 5 heteroatoms. The number of nitrogens with two attached hydrogens (primary N) is 1. The summed E-state index contributed by atoms with van der Waals surface area (Å²) in [6.07, 6.45) is 4.55. The van der Waals surface area contributed by atoms with E-state index in [1.54, 1.807) is 5.57 Å². The van der Waals surface area contributed by atoms with Crippen LogP contribution in [0.2, 0.25) is 0 Å². The van der Waals surface area contributed by atoms with Gasteiger partial charge in [0.25, 0.3) is 5.56 Å². The van der Waals surface area contributed by atoms with E-state index >= 15 is 0 Å². The number of nitrogens with zero attached hydrogens (tertiary/aromatic N) is 2. The topological polar surface area (TPSA) is 75.0 Å². The molecule has 1 aliphatic heterocycles. The summed E-state index contributed by atoms with van der Waals surface area (Å²) >= 11 is 0. The highest BCUT2D eigenvalue weighted by Gasteiger charge is 2.31. The molecule has 1 aromatic heterocycles. The van der Waals surface area contributed by atoms with Crippen molar-refractivity contribution < 1.29 is 0 Å². The van der Waals surface area contributed by atoms with Crippen LogP contribution in [-0.4, -0.2) is 28.0 Å². The van der Waals surface area contributed by atoms with Gasteiger partial charge in [-0.1, -0.05) is 25.0 Å². The molecule has 2 aromatic rings. The molecule has 5 nitrogen and oxygen atoms in total. The third-order valence-electron chi connectivity index (χ3n) is 6.40. The lowest BCUT2D eigenvalue weighted by molar-refractivity contribution is 0.238. The molecule has 0 bridgehead atoms. The van der Waals surface area contributed by atoms with Crippen LogP contribution in [0.15, 0.2) is 40.2 Å². The predicted octanol–water partition coefficient (Wildman–Crippen LogP) is 3.90. The number of aromatic amines is 1. The van der Waals surface area contributed by atoms with Crippen LogP contribution in [0.25, 0.3) is 11.4 Å². The number of hydrogen-bond donors (Lipinski definition) is 2. The van der Waals surface area contributed by atoms with Gasteiger partial charge in [-0.15, -0.1) is 0 Å². The predicted molar refractivity (Wildman–Crippen MR) is 114 cm³/mol. The van der Waals surface area contributed by atoms with E-state index in [2.05, 4.69) is 30.7 Å². The number of aromatic nitrogens is 2. The number of hydrogen-bond acceptors (Lipinski definition) is 4. The highest BCUT2D eigenvalue weighted by atomic mass is 16.1. The van der Waals surface area contributed by atoms with E-state index in [0.717, 1.165) is 36.3 Å². The Bertz CT molecular complexity index is 969. The van der Waals surface area contributed by atoms with Gasteiger partial charge in [0.2, 0.25) is 0 Å². The fraction of sp³-hybridized carbons (Fsp3) is 0.478. The Hall–Kier alpha value is -2.40. The van der Waals surface area contributed by atoms with Crippen LogP contribution in [0.5, 0.6) is 0 Å². The largest absolute Gasteiger partial charge is 0.399 e. The van der Waals surface area contributed by atoms with Gasteiger partial charge < -0.3 is 10.7 Å². The lowest BCUT2D eigenvalue weighted by Crippen LogP contribution is -2.39. The summed E-state index contributed by atoms with van der Waals surface area (Å²) in [7, 11) is 0. The molecule has 0 saturated heterocycles. The minimum Gasteiger partial charge on any atom is -0.399 e. The minimum absolute atomic E-state index is 0.0184. The maximum absolute atomic E-state index is 12.8. The van der Waals surface area contributed by atoms with Crippen molar-refractivity contribution in [2.75, 3.05) is 18.8 Å². The van der Waals surface area contributed by atoms with Gasteiger partial charge in [0.1, 0.15) is 5.82 Å². The first-order valence-corrected chi connectivity index (χ1v) is 10.2. The fourth-order valence-electron chi connectivity index (χ4n) is 4.64. The lowest BCUT2D eigenvalue weighted by atomic mass is 9.72. The number of H-pyrrole nitrogens is 1. The number of allylic oxidation sites excluding steroid dienone is 1. The average molecular weight is 379 g/mol. The van der Waals surface area contributed by atoms with Gasteiger partial charge in [-0.2, -0.15) is 0 Å². The van der Waals surface area contributed by atoms with Gasteiger partial charge >= 0.3 is 0 Å². The molecule has 0 spiro atoms. The standard InChI is InChI=1S/C23H30N4O/c1-15-5-4-11-23(2,3)19(15)14-27-12-10-20-18(13-27)22(28)26-21(25-20)16-6-8-17(24)9-7-16/h6-9H,4-5,10-14,24H2,1-3H3,(H,25,26,28). The van der Waals surface area contributed by atoms with Crippen molar-refractivity contribution in [2.24, 2.45) is 5.41 Å². The SMILES string of the molecule is CC1=C(CN2CCc3nc(-c4ccc(N)cc4)[nH]c(=O)c3C2)C(C)(C)CCC1. The summed E-state index contributed by atoms with van der Waals surface area (Å²) in [5.41, 5.74) is 12.4. The van der Waals surface area contributed by atoms with Crippen LogP contribution in [-0.2, 0) is 13.0 Å². The Morgan fingerprint density at radius 2 is 1.96 bits per heavy atom. The molecule has 148 valence electrons. The van der Waals surface area contributed by atoms with Crippen molar-refractivity contribution in [3.05, 3.63) is 57.0 Å². The Morgan fingerprint density at radius 1 is 1.21 bits per heavy atom. The summed E-state index contributed by atoms with van der Waals surface area (Å²) in [5, 5.41) is 0. The summed E-state index contributed by atoms with van der Waals surface area (Å²) in [6.45, 7) is 9.56. The molecule has 28 heavy (non-hydrogen) atoms. The van der Waals surface area contributed by atoms with Gasteiger partial charge in [0.15, 0.2) is 0 Å². The van der Waals surface area contributed by atoms with Gasteiger partial charge in [-0.3, -0.25) is 9.69 Å². The molecule has 0 saturated carbocycles. The molecule has 2 aliphatic rings. The molecule has 0 atom stereocenters. The lowest BCUT2D eigenvalue weighted by Gasteiger charge is -2.38. The fourth-order valence-corrected chi connectivity index (χ4v) is 4.64. The number of fused-ring (bicyclic) bond motifs is 1. The molecule has 3 N–H and O–H groups in total. The summed E-state index contributed by atoms with van der Waals surface area (Å²) < 4.78 is 0. The average Bonchev–Trinajstić information content (AvgIpc) is 2.65. The monoisotopic (exact) mass is 378 g/mol. The van der Waals surface area contributed by atoms with Crippen molar-refractivity contribution in [1.82, 2.24) is 14.9 Å². The van der Waals surface area contributed by atoms with E-state index in [-0.39, 0.29) is 11.0 Å². The molecule has 0 radical (unpaired) electrons. The second-order valence-corrected chi connectivity index (χ2v) is 8.92. The zero-order valence-electron chi connectivity index (χ0n) is 17.1. The molecule has 2 heterocycles. The second-order valence-electron chi connectivity index (χ2n) is 8.92. The molecular weight excluding hydrogens is 348 g/mol. The number of nitrogens with one attached hydrogen (secondary N) is 1. The van der Waals surface area contributed by atoms with E-state index in [0.29, 0.717) is 18.1 Å². The van der Waals surface area contributed by atoms with Crippen LogP contribution in [0.1, 0.15) is 51.3 Å². The zero-order valence-corrected chi connectivity index (χ0v) is 17.1. The van der Waals surface area contributed by atoms with E-state index in [1.807, 2.05) is 24.3 Å². The molecule has 0 unspecified atom stereocenters. The molecular formula is C23H30N4O. The molecule has 4 rings (SSSR count). The normalized spacial score (nSPS) is 19.5. The third kappa shape index (κ3) is 3.63. The highest BCUT2D eigenvalue weighted by Crippen LogP contribution is 2.40. The van der Waals surface area contributed by atoms with Gasteiger partial charge in [0.05, 0.1) is 11.3 Å². The number of rotatable bonds is 3. The molecule has 1 aromatic carbocycles. The van der Waals surface area contributed by atoms with Crippen molar-refractivity contribution in [3.63, 3.8) is 0 Å². The Kier molecular flexibility index (Phi) is 4.88.